The number of nitrogens with zero attached hydrogens (tertiary/aromatic N) is 2. The summed E-state index contributed by atoms with van der Waals surface area (Å²) in [4.78, 5) is 18.4. The van der Waals surface area contributed by atoms with E-state index in [1.807, 2.05) is 42.5 Å². The lowest BCUT2D eigenvalue weighted by Gasteiger charge is -2.31. The number of rotatable bonds is 6. The number of para-hydroxylation sites is 2. The molecule has 3 aromatic rings. The maximum atomic E-state index is 13.7. The molecule has 8 heteroatoms. The van der Waals surface area contributed by atoms with Crippen LogP contribution in [-0.2, 0) is 10.5 Å². The molecule has 182 valence electrons. The molecule has 0 saturated carbocycles. The van der Waals surface area contributed by atoms with Crippen LogP contribution in [0.4, 0.5) is 5.69 Å². The first kappa shape index (κ1) is 25.8. The van der Waals surface area contributed by atoms with Gasteiger partial charge in [-0.05, 0) is 42.3 Å². The van der Waals surface area contributed by atoms with Crippen molar-refractivity contribution in [3.63, 3.8) is 0 Å². The molecule has 4 rings (SSSR count). The van der Waals surface area contributed by atoms with Gasteiger partial charge < -0.3 is 10.1 Å². The second-order valence-electron chi connectivity index (χ2n) is 8.13. The SMILES string of the molecule is COc1ccccc1NC(=O)C1=C(C)N=C(SCc2ccccc2)C(C#N)C1c1ccc(Cl)cc1Cl. The second-order valence-corrected chi connectivity index (χ2v) is 9.97. The van der Waals surface area contributed by atoms with Gasteiger partial charge in [-0.15, -0.1) is 11.8 Å². The molecule has 2 unspecified atom stereocenters. The molecule has 0 radical (unpaired) electrons. The normalized spacial score (nSPS) is 17.2. The van der Waals surface area contributed by atoms with Crippen LogP contribution in [0.5, 0.6) is 5.75 Å². The van der Waals surface area contributed by atoms with E-state index in [1.54, 1.807) is 44.4 Å². The van der Waals surface area contributed by atoms with Crippen LogP contribution in [0.3, 0.4) is 0 Å². The highest BCUT2D eigenvalue weighted by molar-refractivity contribution is 8.13. The van der Waals surface area contributed by atoms with Gasteiger partial charge in [0.05, 0.1) is 23.9 Å². The number of aliphatic imine (C=N–C) groups is 1. The van der Waals surface area contributed by atoms with Crippen LogP contribution in [0, 0.1) is 17.2 Å². The summed E-state index contributed by atoms with van der Waals surface area (Å²) >= 11 is 14.3. The molecule has 0 saturated heterocycles. The average Bonchev–Trinajstić information content (AvgIpc) is 2.88. The van der Waals surface area contributed by atoms with Gasteiger partial charge in [0.15, 0.2) is 0 Å². The van der Waals surface area contributed by atoms with Crippen LogP contribution in [0.2, 0.25) is 10.0 Å². The van der Waals surface area contributed by atoms with Crippen LogP contribution in [0.15, 0.2) is 89.1 Å². The summed E-state index contributed by atoms with van der Waals surface area (Å²) in [6.07, 6.45) is 0. The Labute approximate surface area is 224 Å². The molecule has 0 bridgehead atoms. The summed E-state index contributed by atoms with van der Waals surface area (Å²) < 4.78 is 5.39. The monoisotopic (exact) mass is 535 g/mol. The highest BCUT2D eigenvalue weighted by Gasteiger charge is 2.40. The lowest BCUT2D eigenvalue weighted by molar-refractivity contribution is -0.113. The Balaban J connectivity index is 1.77. The predicted octanol–water partition coefficient (Wildman–Crippen LogP) is 7.48. The standard InChI is InChI=1S/C28H23Cl2N3O2S/c1-17-25(27(34)33-23-10-6-7-11-24(23)35-2)26(20-13-12-19(29)14-22(20)30)21(15-31)28(32-17)36-16-18-8-4-3-5-9-18/h3-14,21,26H,16H2,1-2H3,(H,33,34). The number of anilines is 1. The van der Waals surface area contributed by atoms with E-state index in [0.717, 1.165) is 5.56 Å². The van der Waals surface area contributed by atoms with E-state index in [1.165, 1.54) is 11.8 Å². The van der Waals surface area contributed by atoms with Crippen molar-refractivity contribution in [2.45, 2.75) is 18.6 Å². The number of benzene rings is 3. The number of nitriles is 1. The number of ether oxygens (including phenoxy) is 1. The van der Waals surface area contributed by atoms with Crippen LogP contribution < -0.4 is 10.1 Å². The number of allylic oxidation sites excluding steroid dienone is 1. The maximum Gasteiger partial charge on any atom is 0.254 e. The van der Waals surface area contributed by atoms with Crippen molar-refractivity contribution in [2.24, 2.45) is 10.9 Å². The fourth-order valence-corrected chi connectivity index (χ4v) is 5.75. The van der Waals surface area contributed by atoms with Gasteiger partial charge in [-0.1, -0.05) is 71.7 Å². The number of nitrogens with one attached hydrogen (secondary N) is 1. The number of carbonyl (C=O) groups excluding carboxylic acids is 1. The van der Waals surface area contributed by atoms with E-state index in [9.17, 15) is 10.1 Å². The van der Waals surface area contributed by atoms with Gasteiger partial charge >= 0.3 is 0 Å². The Bertz CT molecular complexity index is 1380. The summed E-state index contributed by atoms with van der Waals surface area (Å²) in [6, 6.07) is 24.6. The van der Waals surface area contributed by atoms with E-state index < -0.39 is 11.8 Å². The van der Waals surface area contributed by atoms with Gasteiger partial charge in [0.25, 0.3) is 5.91 Å². The Kier molecular flexibility index (Phi) is 8.37. The van der Waals surface area contributed by atoms with Gasteiger partial charge in [0.1, 0.15) is 11.7 Å². The van der Waals surface area contributed by atoms with Gasteiger partial charge in [-0.25, -0.2) is 4.99 Å². The summed E-state index contributed by atoms with van der Waals surface area (Å²) in [5.74, 6) is -0.538. The molecule has 0 aliphatic carbocycles. The Hall–Kier alpha value is -3.24. The minimum absolute atomic E-state index is 0.371. The maximum absolute atomic E-state index is 13.7. The minimum atomic E-state index is -0.709. The highest BCUT2D eigenvalue weighted by Crippen LogP contribution is 2.44. The summed E-state index contributed by atoms with van der Waals surface area (Å²) in [5.41, 5.74) is 3.18. The zero-order valence-electron chi connectivity index (χ0n) is 19.7. The predicted molar refractivity (Wildman–Crippen MR) is 148 cm³/mol. The van der Waals surface area contributed by atoms with Crippen molar-refractivity contribution < 1.29 is 9.53 Å². The van der Waals surface area contributed by atoms with Crippen molar-refractivity contribution in [3.8, 4) is 11.8 Å². The van der Waals surface area contributed by atoms with E-state index in [-0.39, 0.29) is 5.91 Å². The zero-order valence-corrected chi connectivity index (χ0v) is 22.0. The van der Waals surface area contributed by atoms with Crippen molar-refractivity contribution >= 4 is 51.6 Å². The molecule has 1 amide bonds. The molecule has 5 nitrogen and oxygen atoms in total. The third-order valence-electron chi connectivity index (χ3n) is 5.84. The number of amides is 1. The molecule has 0 spiro atoms. The molecule has 1 N–H and O–H groups in total. The summed E-state index contributed by atoms with van der Waals surface area (Å²) in [6.45, 7) is 1.78. The van der Waals surface area contributed by atoms with Crippen LogP contribution in [0.25, 0.3) is 0 Å². The van der Waals surface area contributed by atoms with Gasteiger partial charge in [-0.2, -0.15) is 5.26 Å². The smallest absolute Gasteiger partial charge is 0.254 e. The molecule has 1 aliphatic rings. The van der Waals surface area contributed by atoms with Crippen LogP contribution >= 0.6 is 35.0 Å². The third-order valence-corrected chi connectivity index (χ3v) is 7.53. The van der Waals surface area contributed by atoms with Gasteiger partial charge in [0.2, 0.25) is 0 Å². The first-order valence-electron chi connectivity index (χ1n) is 11.2. The minimum Gasteiger partial charge on any atom is -0.495 e. The van der Waals surface area contributed by atoms with E-state index in [4.69, 9.17) is 32.9 Å². The summed E-state index contributed by atoms with van der Waals surface area (Å²) in [5, 5.41) is 14.7. The molecular weight excluding hydrogens is 513 g/mol. The van der Waals surface area contributed by atoms with Gasteiger partial charge in [0, 0.05) is 33.0 Å². The largest absolute Gasteiger partial charge is 0.495 e. The topological polar surface area (TPSA) is 74.5 Å². The van der Waals surface area contributed by atoms with Crippen molar-refractivity contribution in [2.75, 3.05) is 12.4 Å². The Morgan fingerprint density at radius 3 is 2.53 bits per heavy atom. The number of hydrogen-bond acceptors (Lipinski definition) is 5. The molecule has 3 aromatic carbocycles. The van der Waals surface area contributed by atoms with Crippen molar-refractivity contribution in [1.29, 1.82) is 5.26 Å². The number of halogens is 2. The fourth-order valence-electron chi connectivity index (χ4n) is 4.14. The first-order chi connectivity index (χ1) is 17.4. The van der Waals surface area contributed by atoms with Crippen molar-refractivity contribution in [1.82, 2.24) is 0 Å². The number of carbonyl (C=O) groups is 1. The number of thioether (sulfide) groups is 1. The van der Waals surface area contributed by atoms with Crippen LogP contribution in [0.1, 0.15) is 24.0 Å². The fraction of sp³-hybridized carbons (Fsp3) is 0.179. The molecule has 0 fully saturated rings. The number of hydrogen-bond donors (Lipinski definition) is 1. The lowest BCUT2D eigenvalue weighted by atomic mass is 9.78. The Morgan fingerprint density at radius 2 is 1.83 bits per heavy atom. The van der Waals surface area contributed by atoms with Crippen molar-refractivity contribution in [3.05, 3.63) is 105 Å². The lowest BCUT2D eigenvalue weighted by Crippen LogP contribution is -2.31. The highest BCUT2D eigenvalue weighted by atomic mass is 35.5. The van der Waals surface area contributed by atoms with E-state index >= 15 is 0 Å². The van der Waals surface area contributed by atoms with Gasteiger partial charge in [-0.3, -0.25) is 4.79 Å². The quantitative estimate of drug-likeness (QED) is 0.354. The molecular formula is C28H23Cl2N3O2S. The third kappa shape index (κ3) is 5.60. The second kappa shape index (κ2) is 11.7. The molecule has 0 aromatic heterocycles. The summed E-state index contributed by atoms with van der Waals surface area (Å²) in [7, 11) is 1.54. The van der Waals surface area contributed by atoms with E-state index in [2.05, 4.69) is 11.4 Å². The number of methoxy groups -OCH3 is 1. The molecule has 2 atom stereocenters. The van der Waals surface area contributed by atoms with Crippen LogP contribution in [-0.4, -0.2) is 18.1 Å². The van der Waals surface area contributed by atoms with E-state index in [0.29, 0.717) is 49.1 Å². The Morgan fingerprint density at radius 1 is 1.11 bits per heavy atom. The molecule has 1 aliphatic heterocycles. The zero-order chi connectivity index (χ0) is 25.7. The first-order valence-corrected chi connectivity index (χ1v) is 12.9. The molecule has 1 heterocycles. The molecule has 36 heavy (non-hydrogen) atoms. The average molecular weight is 536 g/mol.